The van der Waals surface area contributed by atoms with E-state index in [1.54, 1.807) is 41.7 Å². The van der Waals surface area contributed by atoms with Crippen LogP contribution in [0.5, 0.6) is 0 Å². The van der Waals surface area contributed by atoms with Gasteiger partial charge in [-0.15, -0.1) is 5.10 Å². The van der Waals surface area contributed by atoms with E-state index in [9.17, 15) is 4.79 Å². The first-order valence-corrected chi connectivity index (χ1v) is 7.53. The molecule has 0 saturated carbocycles. The number of carbonyl (C=O) groups is 1. The Bertz CT molecular complexity index is 993. The maximum absolute atomic E-state index is 12.4. The van der Waals surface area contributed by atoms with Crippen molar-refractivity contribution in [1.29, 1.82) is 0 Å². The summed E-state index contributed by atoms with van der Waals surface area (Å²) < 4.78 is 3.23. The van der Waals surface area contributed by atoms with E-state index < -0.39 is 0 Å². The Kier molecular flexibility index (Phi) is 3.76. The summed E-state index contributed by atoms with van der Waals surface area (Å²) >= 11 is 0. The third-order valence-corrected chi connectivity index (χ3v) is 3.53. The number of nitrogens with one attached hydrogen (secondary N) is 1. The molecule has 1 amide bonds. The number of amides is 1. The standard InChI is InChI=1S/C17H13N7O/c25-17(13-8-16(11-18-9-13)23-7-6-19-22-23)21-14-10-20-24(12-14)15-4-2-1-3-5-15/h1-12H,(H,21,25). The van der Waals surface area contributed by atoms with Crippen LogP contribution in [0.2, 0.25) is 0 Å². The van der Waals surface area contributed by atoms with Gasteiger partial charge in [-0.25, -0.2) is 9.36 Å². The first-order valence-electron chi connectivity index (χ1n) is 7.53. The van der Waals surface area contributed by atoms with E-state index in [-0.39, 0.29) is 5.91 Å². The molecule has 3 aromatic heterocycles. The van der Waals surface area contributed by atoms with Gasteiger partial charge < -0.3 is 5.32 Å². The van der Waals surface area contributed by atoms with Gasteiger partial charge in [-0.2, -0.15) is 5.10 Å². The number of rotatable bonds is 4. The van der Waals surface area contributed by atoms with Crippen LogP contribution in [0.25, 0.3) is 11.4 Å². The second kappa shape index (κ2) is 6.36. The topological polar surface area (TPSA) is 90.5 Å². The molecule has 0 unspecified atom stereocenters. The highest BCUT2D eigenvalue weighted by molar-refractivity contribution is 6.04. The highest BCUT2D eigenvalue weighted by atomic mass is 16.1. The molecule has 4 aromatic rings. The van der Waals surface area contributed by atoms with E-state index in [1.165, 1.54) is 10.9 Å². The summed E-state index contributed by atoms with van der Waals surface area (Å²) in [7, 11) is 0. The molecule has 1 aromatic carbocycles. The van der Waals surface area contributed by atoms with Crippen molar-refractivity contribution in [2.45, 2.75) is 0 Å². The van der Waals surface area contributed by atoms with Gasteiger partial charge in [0.2, 0.25) is 0 Å². The smallest absolute Gasteiger partial charge is 0.257 e. The first-order chi connectivity index (χ1) is 12.3. The zero-order chi connectivity index (χ0) is 17.1. The van der Waals surface area contributed by atoms with E-state index in [4.69, 9.17) is 0 Å². The largest absolute Gasteiger partial charge is 0.319 e. The van der Waals surface area contributed by atoms with E-state index in [0.717, 1.165) is 5.69 Å². The molecule has 0 aliphatic carbocycles. The first kappa shape index (κ1) is 14.8. The molecule has 4 rings (SSSR count). The quantitative estimate of drug-likeness (QED) is 0.618. The van der Waals surface area contributed by atoms with Crippen molar-refractivity contribution in [1.82, 2.24) is 29.8 Å². The zero-order valence-electron chi connectivity index (χ0n) is 13.0. The van der Waals surface area contributed by atoms with Gasteiger partial charge in [0.15, 0.2) is 0 Å². The number of benzene rings is 1. The highest BCUT2D eigenvalue weighted by Crippen LogP contribution is 2.13. The molecule has 0 aliphatic rings. The fraction of sp³-hybridized carbons (Fsp3) is 0. The number of hydrogen-bond donors (Lipinski definition) is 1. The van der Waals surface area contributed by atoms with Crippen LogP contribution in [0.4, 0.5) is 5.69 Å². The van der Waals surface area contributed by atoms with Gasteiger partial charge in [0, 0.05) is 6.20 Å². The van der Waals surface area contributed by atoms with Crippen LogP contribution in [0.1, 0.15) is 10.4 Å². The molecule has 122 valence electrons. The van der Waals surface area contributed by atoms with Crippen molar-refractivity contribution < 1.29 is 4.79 Å². The van der Waals surface area contributed by atoms with Crippen LogP contribution >= 0.6 is 0 Å². The molecule has 0 atom stereocenters. The van der Waals surface area contributed by atoms with Gasteiger partial charge in [0.1, 0.15) is 0 Å². The molecular weight excluding hydrogens is 318 g/mol. The van der Waals surface area contributed by atoms with Gasteiger partial charge >= 0.3 is 0 Å². The van der Waals surface area contributed by atoms with Crippen molar-refractivity contribution in [3.8, 4) is 11.4 Å². The Morgan fingerprint density at radius 2 is 1.88 bits per heavy atom. The Hall–Kier alpha value is -3.81. The van der Waals surface area contributed by atoms with Crippen molar-refractivity contribution in [2.24, 2.45) is 0 Å². The van der Waals surface area contributed by atoms with Crippen LogP contribution in [0.15, 0.2) is 73.6 Å². The molecular formula is C17H13N7O. The second-order valence-corrected chi connectivity index (χ2v) is 5.24. The van der Waals surface area contributed by atoms with E-state index >= 15 is 0 Å². The van der Waals surface area contributed by atoms with Gasteiger partial charge in [0.05, 0.1) is 53.6 Å². The zero-order valence-corrected chi connectivity index (χ0v) is 13.0. The average molecular weight is 331 g/mol. The molecule has 1 N–H and O–H groups in total. The number of aromatic nitrogens is 6. The molecule has 25 heavy (non-hydrogen) atoms. The SMILES string of the molecule is O=C(Nc1cnn(-c2ccccc2)c1)c1cncc(-n2ccnn2)c1. The minimum Gasteiger partial charge on any atom is -0.319 e. The van der Waals surface area contributed by atoms with Crippen molar-refractivity contribution in [2.75, 3.05) is 5.32 Å². The Balaban J connectivity index is 1.53. The lowest BCUT2D eigenvalue weighted by molar-refractivity contribution is 0.102. The summed E-state index contributed by atoms with van der Waals surface area (Å²) in [5, 5.41) is 14.7. The Morgan fingerprint density at radius 1 is 1.00 bits per heavy atom. The molecule has 8 heteroatoms. The lowest BCUT2D eigenvalue weighted by atomic mass is 10.2. The molecule has 0 saturated heterocycles. The van der Waals surface area contributed by atoms with E-state index in [1.807, 2.05) is 30.3 Å². The molecule has 0 bridgehead atoms. The normalized spacial score (nSPS) is 10.6. The molecule has 8 nitrogen and oxygen atoms in total. The lowest BCUT2D eigenvalue weighted by Gasteiger charge is -2.04. The van der Waals surface area contributed by atoms with Crippen molar-refractivity contribution in [3.63, 3.8) is 0 Å². The van der Waals surface area contributed by atoms with E-state index in [2.05, 4.69) is 25.7 Å². The third kappa shape index (κ3) is 3.13. The van der Waals surface area contributed by atoms with Crippen molar-refractivity contribution >= 4 is 11.6 Å². The molecule has 0 radical (unpaired) electrons. The Labute approximate surface area is 142 Å². The van der Waals surface area contributed by atoms with Crippen LogP contribution in [-0.2, 0) is 0 Å². The minimum absolute atomic E-state index is 0.276. The van der Waals surface area contributed by atoms with Gasteiger partial charge in [-0.05, 0) is 18.2 Å². The fourth-order valence-corrected chi connectivity index (χ4v) is 2.34. The Morgan fingerprint density at radius 3 is 2.68 bits per heavy atom. The maximum Gasteiger partial charge on any atom is 0.257 e. The number of anilines is 1. The van der Waals surface area contributed by atoms with Crippen LogP contribution < -0.4 is 5.32 Å². The molecule has 3 heterocycles. The summed E-state index contributed by atoms with van der Waals surface area (Å²) in [6.07, 6.45) is 9.70. The number of nitrogens with zero attached hydrogens (tertiary/aromatic N) is 6. The predicted octanol–water partition coefficient (Wildman–Crippen LogP) is 2.10. The maximum atomic E-state index is 12.4. The van der Waals surface area contributed by atoms with Gasteiger partial charge in [-0.1, -0.05) is 23.4 Å². The highest BCUT2D eigenvalue weighted by Gasteiger charge is 2.10. The number of para-hydroxylation sites is 1. The fourth-order valence-electron chi connectivity index (χ4n) is 2.34. The number of hydrogen-bond acceptors (Lipinski definition) is 5. The average Bonchev–Trinajstić information content (AvgIpc) is 3.35. The molecule has 0 aliphatic heterocycles. The van der Waals surface area contributed by atoms with Crippen LogP contribution in [0, 0.1) is 0 Å². The summed E-state index contributed by atoms with van der Waals surface area (Å²) in [5.74, 6) is -0.276. The summed E-state index contributed by atoms with van der Waals surface area (Å²) in [6, 6.07) is 11.4. The summed E-state index contributed by atoms with van der Waals surface area (Å²) in [5.41, 5.74) is 2.59. The minimum atomic E-state index is -0.276. The van der Waals surface area contributed by atoms with Crippen molar-refractivity contribution in [3.05, 3.63) is 79.1 Å². The van der Waals surface area contributed by atoms with Crippen LogP contribution in [-0.4, -0.2) is 35.7 Å². The van der Waals surface area contributed by atoms with Gasteiger partial charge in [-0.3, -0.25) is 9.78 Å². The predicted molar refractivity (Wildman–Crippen MR) is 90.7 cm³/mol. The lowest BCUT2D eigenvalue weighted by Crippen LogP contribution is -2.12. The molecule has 0 spiro atoms. The van der Waals surface area contributed by atoms with Gasteiger partial charge in [0.25, 0.3) is 5.91 Å². The summed E-state index contributed by atoms with van der Waals surface area (Å²) in [6.45, 7) is 0. The van der Waals surface area contributed by atoms with Crippen LogP contribution in [0.3, 0.4) is 0 Å². The monoisotopic (exact) mass is 331 g/mol. The van der Waals surface area contributed by atoms with E-state index in [0.29, 0.717) is 16.9 Å². The third-order valence-electron chi connectivity index (χ3n) is 3.53. The molecule has 0 fully saturated rings. The number of pyridine rings is 1. The second-order valence-electron chi connectivity index (χ2n) is 5.24. The summed E-state index contributed by atoms with van der Waals surface area (Å²) in [4.78, 5) is 16.5. The number of carbonyl (C=O) groups excluding carboxylic acids is 1.